The van der Waals surface area contributed by atoms with Crippen molar-refractivity contribution < 1.29 is 5.11 Å². The zero-order chi connectivity index (χ0) is 10.0. The van der Waals surface area contributed by atoms with Gasteiger partial charge in [-0.2, -0.15) is 0 Å². The van der Waals surface area contributed by atoms with Crippen LogP contribution in [0.15, 0.2) is 11.4 Å². The minimum Gasteiger partial charge on any atom is -0.386 e. The average molecular weight is 199 g/mol. The molecule has 0 radical (unpaired) electrons. The Kier molecular flexibility index (Phi) is 3.47. The van der Waals surface area contributed by atoms with Gasteiger partial charge in [0.25, 0.3) is 0 Å². The molecular formula is C10H17NOS. The van der Waals surface area contributed by atoms with Crippen molar-refractivity contribution in [3.05, 3.63) is 21.9 Å². The first-order chi connectivity index (χ1) is 6.04. The van der Waals surface area contributed by atoms with Gasteiger partial charge in [-0.25, -0.2) is 0 Å². The van der Waals surface area contributed by atoms with E-state index in [1.165, 1.54) is 0 Å². The first-order valence-electron chi connectivity index (χ1n) is 4.51. The molecular weight excluding hydrogens is 182 g/mol. The van der Waals surface area contributed by atoms with Gasteiger partial charge in [0, 0.05) is 10.9 Å². The lowest BCUT2D eigenvalue weighted by atomic mass is 9.97. The molecule has 0 amide bonds. The molecule has 1 aromatic rings. The highest BCUT2D eigenvalue weighted by atomic mass is 32.1. The van der Waals surface area contributed by atoms with E-state index in [1.54, 1.807) is 11.3 Å². The van der Waals surface area contributed by atoms with Crippen LogP contribution in [0.5, 0.6) is 0 Å². The number of aliphatic hydroxyl groups excluding tert-OH is 1. The predicted molar refractivity (Wildman–Crippen MR) is 56.8 cm³/mol. The molecule has 1 heterocycles. The quantitative estimate of drug-likeness (QED) is 0.783. The molecule has 0 fully saturated rings. The number of aryl methyl sites for hydroxylation is 1. The molecule has 1 aromatic heterocycles. The fourth-order valence-electron chi connectivity index (χ4n) is 1.23. The Morgan fingerprint density at radius 2 is 2.08 bits per heavy atom. The minimum absolute atomic E-state index is 0.169. The number of aliphatic hydroxyl groups is 1. The van der Waals surface area contributed by atoms with E-state index in [9.17, 15) is 5.11 Å². The Morgan fingerprint density at radius 1 is 1.46 bits per heavy atom. The van der Waals surface area contributed by atoms with Crippen LogP contribution >= 0.6 is 11.3 Å². The largest absolute Gasteiger partial charge is 0.386 e. The third-order valence-corrected chi connectivity index (χ3v) is 3.39. The van der Waals surface area contributed by atoms with Gasteiger partial charge in [-0.1, -0.05) is 13.8 Å². The number of hydrogen-bond donors (Lipinski definition) is 2. The molecule has 13 heavy (non-hydrogen) atoms. The first kappa shape index (κ1) is 10.7. The zero-order valence-electron chi connectivity index (χ0n) is 8.32. The summed E-state index contributed by atoms with van der Waals surface area (Å²) in [5.41, 5.74) is 7.01. The lowest BCUT2D eigenvalue weighted by Gasteiger charge is -2.21. The van der Waals surface area contributed by atoms with Crippen molar-refractivity contribution in [1.82, 2.24) is 0 Å². The molecule has 0 aliphatic heterocycles. The summed E-state index contributed by atoms with van der Waals surface area (Å²) in [4.78, 5) is 1.00. The second-order valence-corrected chi connectivity index (χ2v) is 4.68. The SMILES string of the molecule is Cc1ccsc1C(O)C(N)C(C)C. The number of thiophene rings is 1. The number of nitrogens with two attached hydrogens (primary N) is 1. The Morgan fingerprint density at radius 3 is 2.46 bits per heavy atom. The van der Waals surface area contributed by atoms with Crippen molar-refractivity contribution >= 4 is 11.3 Å². The molecule has 2 unspecified atom stereocenters. The van der Waals surface area contributed by atoms with E-state index in [0.29, 0.717) is 5.92 Å². The summed E-state index contributed by atoms with van der Waals surface area (Å²) in [6.07, 6.45) is -0.514. The van der Waals surface area contributed by atoms with Crippen LogP contribution in [0.1, 0.15) is 30.4 Å². The van der Waals surface area contributed by atoms with Crippen molar-refractivity contribution in [3.8, 4) is 0 Å². The third-order valence-electron chi connectivity index (χ3n) is 2.30. The zero-order valence-corrected chi connectivity index (χ0v) is 9.14. The summed E-state index contributed by atoms with van der Waals surface area (Å²) in [7, 11) is 0. The fourth-order valence-corrected chi connectivity index (χ4v) is 2.20. The van der Waals surface area contributed by atoms with Gasteiger partial charge in [0.1, 0.15) is 6.10 Å². The van der Waals surface area contributed by atoms with Gasteiger partial charge >= 0.3 is 0 Å². The van der Waals surface area contributed by atoms with Crippen LogP contribution in [0.4, 0.5) is 0 Å². The molecule has 0 aliphatic carbocycles. The molecule has 1 rings (SSSR count). The van der Waals surface area contributed by atoms with E-state index in [1.807, 2.05) is 32.2 Å². The molecule has 3 heteroatoms. The van der Waals surface area contributed by atoms with E-state index in [-0.39, 0.29) is 6.04 Å². The van der Waals surface area contributed by atoms with Crippen molar-refractivity contribution in [3.63, 3.8) is 0 Å². The Labute approximate surface area is 83.4 Å². The van der Waals surface area contributed by atoms with E-state index < -0.39 is 6.10 Å². The Hall–Kier alpha value is -0.380. The van der Waals surface area contributed by atoms with Crippen LogP contribution in [0, 0.1) is 12.8 Å². The van der Waals surface area contributed by atoms with Gasteiger partial charge < -0.3 is 10.8 Å². The van der Waals surface area contributed by atoms with E-state index in [2.05, 4.69) is 0 Å². The predicted octanol–water partition coefficient (Wildman–Crippen LogP) is 2.07. The molecule has 0 saturated carbocycles. The maximum Gasteiger partial charge on any atom is 0.104 e. The summed E-state index contributed by atoms with van der Waals surface area (Å²) in [5, 5.41) is 11.9. The lowest BCUT2D eigenvalue weighted by molar-refractivity contribution is 0.128. The molecule has 0 bridgehead atoms. The molecule has 2 atom stereocenters. The molecule has 3 N–H and O–H groups in total. The van der Waals surface area contributed by atoms with Crippen molar-refractivity contribution in [2.24, 2.45) is 11.7 Å². The topological polar surface area (TPSA) is 46.2 Å². The van der Waals surface area contributed by atoms with E-state index in [0.717, 1.165) is 10.4 Å². The lowest BCUT2D eigenvalue weighted by Crippen LogP contribution is -2.33. The second kappa shape index (κ2) is 4.22. The van der Waals surface area contributed by atoms with Gasteiger partial charge in [0.2, 0.25) is 0 Å². The standard InChI is InChI=1S/C10H17NOS/c1-6(2)8(11)9(12)10-7(3)4-5-13-10/h4-6,8-9,12H,11H2,1-3H3. The van der Waals surface area contributed by atoms with Gasteiger partial charge in [-0.15, -0.1) is 11.3 Å². The van der Waals surface area contributed by atoms with Crippen molar-refractivity contribution in [2.45, 2.75) is 32.9 Å². The average Bonchev–Trinajstić information content (AvgIpc) is 2.48. The number of hydrogen-bond acceptors (Lipinski definition) is 3. The second-order valence-electron chi connectivity index (χ2n) is 3.73. The van der Waals surface area contributed by atoms with Crippen molar-refractivity contribution in [1.29, 1.82) is 0 Å². The highest BCUT2D eigenvalue weighted by Crippen LogP contribution is 2.27. The smallest absolute Gasteiger partial charge is 0.104 e. The monoisotopic (exact) mass is 199 g/mol. The highest BCUT2D eigenvalue weighted by Gasteiger charge is 2.22. The summed E-state index contributed by atoms with van der Waals surface area (Å²) in [5.74, 6) is 0.302. The maximum absolute atomic E-state index is 9.91. The van der Waals surface area contributed by atoms with Crippen molar-refractivity contribution in [2.75, 3.05) is 0 Å². The summed E-state index contributed by atoms with van der Waals surface area (Å²) < 4.78 is 0. The molecule has 0 spiro atoms. The van der Waals surface area contributed by atoms with Gasteiger partial charge in [0.15, 0.2) is 0 Å². The van der Waals surface area contributed by atoms with Crippen LogP contribution in [-0.4, -0.2) is 11.1 Å². The maximum atomic E-state index is 9.91. The Balaban J connectivity index is 2.79. The molecule has 74 valence electrons. The fraction of sp³-hybridized carbons (Fsp3) is 0.600. The van der Waals surface area contributed by atoms with E-state index >= 15 is 0 Å². The van der Waals surface area contributed by atoms with Crippen LogP contribution in [-0.2, 0) is 0 Å². The minimum atomic E-state index is -0.514. The van der Waals surface area contributed by atoms with Crippen LogP contribution in [0.2, 0.25) is 0 Å². The Bertz CT molecular complexity index is 270. The van der Waals surface area contributed by atoms with Gasteiger partial charge in [-0.3, -0.25) is 0 Å². The van der Waals surface area contributed by atoms with Gasteiger partial charge in [-0.05, 0) is 29.9 Å². The molecule has 2 nitrogen and oxygen atoms in total. The number of rotatable bonds is 3. The van der Waals surface area contributed by atoms with E-state index in [4.69, 9.17) is 5.73 Å². The molecule has 0 aliphatic rings. The summed E-state index contributed by atoms with van der Waals surface area (Å²) >= 11 is 1.57. The highest BCUT2D eigenvalue weighted by molar-refractivity contribution is 7.10. The first-order valence-corrected chi connectivity index (χ1v) is 5.39. The molecule has 0 aromatic carbocycles. The van der Waals surface area contributed by atoms with Gasteiger partial charge in [0.05, 0.1) is 0 Å². The van der Waals surface area contributed by atoms with Crippen LogP contribution < -0.4 is 5.73 Å². The van der Waals surface area contributed by atoms with Crippen LogP contribution in [0.3, 0.4) is 0 Å². The normalized spacial score (nSPS) is 16.2. The van der Waals surface area contributed by atoms with Crippen LogP contribution in [0.25, 0.3) is 0 Å². The third kappa shape index (κ3) is 2.30. The summed E-state index contributed by atoms with van der Waals surface area (Å²) in [6.45, 7) is 6.05. The molecule has 0 saturated heterocycles. The summed E-state index contributed by atoms with van der Waals surface area (Å²) in [6, 6.07) is 1.84.